The molecule has 0 unspecified atom stereocenters. The quantitative estimate of drug-likeness (QED) is 0.555. The zero-order valence-electron chi connectivity index (χ0n) is 9.86. The summed E-state index contributed by atoms with van der Waals surface area (Å²) in [5.41, 5.74) is 0.143. The molecule has 0 saturated carbocycles. The van der Waals surface area contributed by atoms with Gasteiger partial charge in [0.25, 0.3) is 5.78 Å². The third kappa shape index (κ3) is 4.72. The fourth-order valence-corrected chi connectivity index (χ4v) is 2.94. The van der Waals surface area contributed by atoms with Gasteiger partial charge in [-0.2, -0.15) is 18.4 Å². The Morgan fingerprint density at radius 3 is 2.14 bits per heavy atom. The van der Waals surface area contributed by atoms with E-state index in [1.807, 2.05) is 6.07 Å². The van der Waals surface area contributed by atoms with Crippen LogP contribution in [0.2, 0.25) is 0 Å². The van der Waals surface area contributed by atoms with Crippen LogP contribution in [0.25, 0.3) is 0 Å². The molecular weight excluding hydrogens is 487 g/mol. The van der Waals surface area contributed by atoms with Crippen LogP contribution >= 0.6 is 47.8 Å². The van der Waals surface area contributed by atoms with E-state index in [0.717, 1.165) is 15.1 Å². The Morgan fingerprint density at radius 1 is 1.24 bits per heavy atom. The fraction of sp³-hybridized carbons (Fsp3) is 0.0909. The minimum atomic E-state index is -4.79. The normalized spacial score (nSPS) is 10.5. The predicted molar refractivity (Wildman–Crippen MR) is 79.8 cm³/mol. The van der Waals surface area contributed by atoms with Crippen LogP contribution in [0.3, 0.4) is 0 Å². The van der Waals surface area contributed by atoms with Crippen molar-refractivity contribution < 1.29 is 18.0 Å². The molecule has 0 aromatic carbocycles. The number of carbonyl (C=O) groups excluding carboxylic acids is 1. The largest absolute Gasteiger partial charge is 0.456 e. The molecule has 112 valence electrons. The number of aromatic nitrogens is 2. The molecule has 0 fully saturated rings. The van der Waals surface area contributed by atoms with Crippen LogP contribution in [0.15, 0.2) is 32.0 Å². The van der Waals surface area contributed by atoms with E-state index in [9.17, 15) is 18.0 Å². The summed E-state index contributed by atoms with van der Waals surface area (Å²) in [7, 11) is 0. The molecular formula is C11H5Br3F3N3O. The van der Waals surface area contributed by atoms with Crippen molar-refractivity contribution in [3.05, 3.63) is 43.3 Å². The topological polar surface area (TPSA) is 72.4 Å². The second kappa shape index (κ2) is 7.29. The Balaban J connectivity index is 0.000000211. The van der Waals surface area contributed by atoms with E-state index in [1.54, 1.807) is 0 Å². The van der Waals surface area contributed by atoms with Gasteiger partial charge in [0.1, 0.15) is 10.7 Å². The summed E-state index contributed by atoms with van der Waals surface area (Å²) in [6, 6.07) is 4.44. The molecule has 2 N–H and O–H groups in total. The summed E-state index contributed by atoms with van der Waals surface area (Å²) in [6.45, 7) is 0. The van der Waals surface area contributed by atoms with Crippen LogP contribution in [0.5, 0.6) is 0 Å². The van der Waals surface area contributed by atoms with Gasteiger partial charge >= 0.3 is 6.18 Å². The van der Waals surface area contributed by atoms with Crippen molar-refractivity contribution in [2.45, 2.75) is 6.18 Å². The summed E-state index contributed by atoms with van der Waals surface area (Å²) in [5.74, 6) is -1.84. The number of nitrogens with one attached hydrogen (secondary N) is 2. The van der Waals surface area contributed by atoms with E-state index in [2.05, 4.69) is 57.8 Å². The molecule has 2 aromatic heterocycles. The average molecular weight is 492 g/mol. The zero-order chi connectivity index (χ0) is 16.2. The number of Topliss-reactive ketones (excluding diaryl/α,β-unsaturated/α-hetero) is 1. The molecule has 10 heteroatoms. The third-order valence-electron chi connectivity index (χ3n) is 2.06. The molecule has 2 heterocycles. The molecule has 0 radical (unpaired) electrons. The predicted octanol–water partition coefficient (Wildman–Crippen LogP) is 4.93. The number of carbonyl (C=O) groups is 1. The monoisotopic (exact) mass is 489 g/mol. The molecule has 0 bridgehead atoms. The van der Waals surface area contributed by atoms with Gasteiger partial charge in [-0.25, -0.2) is 0 Å². The second-order valence-electron chi connectivity index (χ2n) is 3.46. The highest BCUT2D eigenvalue weighted by atomic mass is 79.9. The van der Waals surface area contributed by atoms with Crippen molar-refractivity contribution >= 4 is 53.6 Å². The maximum atomic E-state index is 11.6. The third-order valence-corrected chi connectivity index (χ3v) is 4.58. The number of ketones is 1. The maximum Gasteiger partial charge on any atom is 0.456 e. The number of nitrogens with zero attached hydrogens (tertiary/aromatic N) is 1. The SMILES string of the molecule is N#Cc1c(Br)[nH]c(Br)c1Br.O=C(c1ccc[nH]1)C(F)(F)F. The lowest BCUT2D eigenvalue weighted by molar-refractivity contribution is -0.0887. The van der Waals surface area contributed by atoms with Gasteiger partial charge in [-0.05, 0) is 59.9 Å². The Kier molecular flexibility index (Phi) is 6.24. The Morgan fingerprint density at radius 2 is 1.86 bits per heavy atom. The number of rotatable bonds is 1. The number of H-pyrrole nitrogens is 2. The first-order valence-corrected chi connectivity index (χ1v) is 7.43. The van der Waals surface area contributed by atoms with Crippen LogP contribution in [0.4, 0.5) is 13.2 Å². The molecule has 2 rings (SSSR count). The van der Waals surface area contributed by atoms with E-state index in [1.165, 1.54) is 12.3 Å². The minimum absolute atomic E-state index is 0.433. The van der Waals surface area contributed by atoms with Gasteiger partial charge in [-0.15, -0.1) is 0 Å². The summed E-state index contributed by atoms with van der Waals surface area (Å²) >= 11 is 9.64. The van der Waals surface area contributed by atoms with Crippen LogP contribution < -0.4 is 0 Å². The van der Waals surface area contributed by atoms with Crippen molar-refractivity contribution in [1.29, 1.82) is 5.26 Å². The standard InChI is InChI=1S/C6H4F3NO.C5HBr3N2/c7-6(8,9)5(11)4-2-1-3-10-4;6-3-2(1-9)4(7)10-5(3)8/h1-3,10H;10H. The van der Waals surface area contributed by atoms with E-state index in [4.69, 9.17) is 5.26 Å². The molecule has 0 saturated heterocycles. The van der Waals surface area contributed by atoms with Crippen molar-refractivity contribution in [1.82, 2.24) is 9.97 Å². The molecule has 0 spiro atoms. The second-order valence-corrected chi connectivity index (χ2v) is 5.84. The van der Waals surface area contributed by atoms with Gasteiger partial charge in [0.05, 0.1) is 20.3 Å². The molecule has 0 aliphatic carbocycles. The molecule has 21 heavy (non-hydrogen) atoms. The lowest BCUT2D eigenvalue weighted by Gasteiger charge is -2.01. The van der Waals surface area contributed by atoms with Crippen LogP contribution in [0, 0.1) is 11.3 Å². The fourth-order valence-electron chi connectivity index (χ4n) is 1.14. The molecule has 0 aliphatic heterocycles. The van der Waals surface area contributed by atoms with Crippen molar-refractivity contribution in [2.75, 3.05) is 0 Å². The van der Waals surface area contributed by atoms with E-state index in [-0.39, 0.29) is 0 Å². The molecule has 0 amide bonds. The highest BCUT2D eigenvalue weighted by molar-refractivity contribution is 9.13. The van der Waals surface area contributed by atoms with Gasteiger partial charge in [-0.1, -0.05) is 0 Å². The van der Waals surface area contributed by atoms with Crippen molar-refractivity contribution in [3.63, 3.8) is 0 Å². The number of hydrogen-bond donors (Lipinski definition) is 2. The average Bonchev–Trinajstić information content (AvgIpc) is 2.98. The van der Waals surface area contributed by atoms with Crippen molar-refractivity contribution in [2.24, 2.45) is 0 Å². The first-order valence-electron chi connectivity index (χ1n) is 5.06. The summed E-state index contributed by atoms with van der Waals surface area (Å²) in [4.78, 5) is 15.4. The molecule has 0 aliphatic rings. The molecule has 2 aromatic rings. The lowest BCUT2D eigenvalue weighted by atomic mass is 10.3. The van der Waals surface area contributed by atoms with E-state index >= 15 is 0 Å². The highest BCUT2D eigenvalue weighted by Crippen LogP contribution is 2.31. The summed E-state index contributed by atoms with van der Waals surface area (Å²) in [5, 5.41) is 8.56. The number of aromatic amines is 2. The Bertz CT molecular complexity index is 671. The van der Waals surface area contributed by atoms with Gasteiger partial charge in [0.15, 0.2) is 0 Å². The molecule has 0 atom stereocenters. The number of alkyl halides is 3. The highest BCUT2D eigenvalue weighted by Gasteiger charge is 2.39. The van der Waals surface area contributed by atoms with Crippen LogP contribution in [-0.2, 0) is 0 Å². The number of hydrogen-bond acceptors (Lipinski definition) is 2. The van der Waals surface area contributed by atoms with E-state index in [0.29, 0.717) is 10.2 Å². The summed E-state index contributed by atoms with van der Waals surface area (Å²) < 4.78 is 37.1. The first-order chi connectivity index (χ1) is 9.68. The minimum Gasteiger partial charge on any atom is -0.359 e. The van der Waals surface area contributed by atoms with Gasteiger partial charge < -0.3 is 9.97 Å². The lowest BCUT2D eigenvalue weighted by Crippen LogP contribution is -2.22. The molecule has 4 nitrogen and oxygen atoms in total. The first kappa shape index (κ1) is 18.0. The summed E-state index contributed by atoms with van der Waals surface area (Å²) in [6.07, 6.45) is -3.52. The van der Waals surface area contributed by atoms with Gasteiger partial charge in [0.2, 0.25) is 0 Å². The number of nitriles is 1. The smallest absolute Gasteiger partial charge is 0.359 e. The van der Waals surface area contributed by atoms with Gasteiger partial charge in [-0.3, -0.25) is 4.79 Å². The number of halogens is 6. The zero-order valence-corrected chi connectivity index (χ0v) is 14.6. The van der Waals surface area contributed by atoms with E-state index < -0.39 is 17.7 Å². The van der Waals surface area contributed by atoms with Gasteiger partial charge in [0, 0.05) is 6.20 Å². The Labute approximate surface area is 142 Å². The van der Waals surface area contributed by atoms with Crippen molar-refractivity contribution in [3.8, 4) is 6.07 Å². The maximum absolute atomic E-state index is 11.6. The van der Waals surface area contributed by atoms with Crippen LogP contribution in [0.1, 0.15) is 16.1 Å². The van der Waals surface area contributed by atoms with Crippen LogP contribution in [-0.4, -0.2) is 21.9 Å². The Hall–Kier alpha value is -1.05.